The molecule has 0 aliphatic carbocycles. The van der Waals surface area contributed by atoms with Crippen molar-refractivity contribution in [1.29, 1.82) is 0 Å². The van der Waals surface area contributed by atoms with Crippen LogP contribution >= 0.6 is 11.6 Å². The zero-order valence-corrected chi connectivity index (χ0v) is 13.1. The van der Waals surface area contributed by atoms with Crippen molar-refractivity contribution in [3.8, 4) is 0 Å². The maximum atomic E-state index is 12.5. The Morgan fingerprint density at radius 3 is 2.41 bits per heavy atom. The first-order chi connectivity index (χ1) is 10.4. The molecule has 0 saturated heterocycles. The van der Waals surface area contributed by atoms with Gasteiger partial charge < -0.3 is 4.74 Å². The van der Waals surface area contributed by atoms with Crippen molar-refractivity contribution in [2.75, 3.05) is 7.11 Å². The molecule has 6 nitrogen and oxygen atoms in total. The van der Waals surface area contributed by atoms with E-state index in [1.807, 2.05) is 0 Å². The number of ether oxygens (including phenoxy) is 1. The summed E-state index contributed by atoms with van der Waals surface area (Å²) < 4.78 is 6.21. The first-order valence-corrected chi connectivity index (χ1v) is 6.87. The maximum Gasteiger partial charge on any atom is 0.277 e. The lowest BCUT2D eigenvalue weighted by atomic mass is 9.99. The number of aryl methyl sites for hydroxylation is 2. The minimum absolute atomic E-state index is 0.0882. The number of H-pyrrole nitrogens is 1. The number of carbonyl (C=O) groups excluding carboxylic acids is 2. The third kappa shape index (κ3) is 2.75. The van der Waals surface area contributed by atoms with Gasteiger partial charge in [-0.15, -0.1) is 0 Å². The molecule has 0 amide bonds. The molecule has 0 saturated carbocycles. The van der Waals surface area contributed by atoms with Gasteiger partial charge in [-0.2, -0.15) is 0 Å². The van der Waals surface area contributed by atoms with Crippen LogP contribution in [0.3, 0.4) is 0 Å². The molecular formula is C15H15ClN2O4. The summed E-state index contributed by atoms with van der Waals surface area (Å²) >= 11 is 5.98. The van der Waals surface area contributed by atoms with Crippen LogP contribution < -0.4 is 5.56 Å². The molecular weight excluding hydrogens is 308 g/mol. The van der Waals surface area contributed by atoms with E-state index < -0.39 is 23.2 Å². The van der Waals surface area contributed by atoms with Crippen molar-refractivity contribution < 1.29 is 14.3 Å². The van der Waals surface area contributed by atoms with E-state index in [9.17, 15) is 14.4 Å². The molecule has 1 atom stereocenters. The van der Waals surface area contributed by atoms with E-state index in [1.165, 1.54) is 24.9 Å². The van der Waals surface area contributed by atoms with E-state index in [4.69, 9.17) is 16.3 Å². The van der Waals surface area contributed by atoms with E-state index >= 15 is 0 Å². The second kappa shape index (κ2) is 6.29. The van der Waals surface area contributed by atoms with Crippen molar-refractivity contribution in [1.82, 2.24) is 9.78 Å². The summed E-state index contributed by atoms with van der Waals surface area (Å²) in [5.74, 6) is -1.27. The van der Waals surface area contributed by atoms with E-state index in [1.54, 1.807) is 25.1 Å². The molecule has 1 unspecified atom stereocenters. The fourth-order valence-corrected chi connectivity index (χ4v) is 2.47. The summed E-state index contributed by atoms with van der Waals surface area (Å²) in [6.45, 7) is 1.58. The number of methoxy groups -OCH3 is 1. The highest BCUT2D eigenvalue weighted by atomic mass is 35.5. The van der Waals surface area contributed by atoms with Gasteiger partial charge in [0.05, 0.1) is 5.02 Å². The normalized spacial score (nSPS) is 12.2. The van der Waals surface area contributed by atoms with Crippen LogP contribution in [0.2, 0.25) is 5.02 Å². The van der Waals surface area contributed by atoms with Crippen LogP contribution in [0.1, 0.15) is 26.4 Å². The van der Waals surface area contributed by atoms with Gasteiger partial charge in [-0.3, -0.25) is 24.2 Å². The maximum absolute atomic E-state index is 12.5. The monoisotopic (exact) mass is 322 g/mol. The largest absolute Gasteiger partial charge is 0.365 e. The molecule has 0 bridgehead atoms. The van der Waals surface area contributed by atoms with Gasteiger partial charge in [0.2, 0.25) is 11.6 Å². The van der Waals surface area contributed by atoms with Gasteiger partial charge in [0.1, 0.15) is 5.56 Å². The molecule has 0 aliphatic rings. The van der Waals surface area contributed by atoms with E-state index in [0.29, 0.717) is 5.69 Å². The number of ketones is 2. The second-order valence-electron chi connectivity index (χ2n) is 4.80. The average Bonchev–Trinajstić information content (AvgIpc) is 2.73. The number of carbonyl (C=O) groups is 2. The van der Waals surface area contributed by atoms with Gasteiger partial charge in [0, 0.05) is 25.4 Å². The van der Waals surface area contributed by atoms with Crippen LogP contribution in [0, 0.1) is 6.92 Å². The average molecular weight is 323 g/mol. The Kier molecular flexibility index (Phi) is 4.63. The second-order valence-corrected chi connectivity index (χ2v) is 5.21. The number of nitrogens with zero attached hydrogens (tertiary/aromatic N) is 1. The predicted octanol–water partition coefficient (Wildman–Crippen LogP) is 1.76. The molecule has 1 heterocycles. The van der Waals surface area contributed by atoms with Crippen molar-refractivity contribution >= 4 is 23.2 Å². The van der Waals surface area contributed by atoms with Crippen LogP contribution in [0.5, 0.6) is 0 Å². The van der Waals surface area contributed by atoms with Gasteiger partial charge in [-0.05, 0) is 19.1 Å². The SMILES string of the molecule is COC(C(=O)c1ccccc1Cl)C(=O)c1c(C)[nH]n(C)c1=O. The van der Waals surface area contributed by atoms with Crippen molar-refractivity contribution in [3.63, 3.8) is 0 Å². The Hall–Kier alpha value is -2.18. The summed E-state index contributed by atoms with van der Waals surface area (Å²) in [4.78, 5) is 37.0. The number of nitrogens with one attached hydrogen (secondary N) is 1. The molecule has 0 aliphatic heterocycles. The Bertz CT molecular complexity index is 791. The number of Topliss-reactive ketones (excluding diaryl/α,β-unsaturated/α-hetero) is 2. The highest BCUT2D eigenvalue weighted by molar-refractivity contribution is 6.35. The summed E-state index contributed by atoms with van der Waals surface area (Å²) in [6.07, 6.45) is -1.41. The van der Waals surface area contributed by atoms with Crippen LogP contribution in [-0.2, 0) is 11.8 Å². The smallest absolute Gasteiger partial charge is 0.277 e. The molecule has 1 N–H and O–H groups in total. The molecule has 0 radical (unpaired) electrons. The van der Waals surface area contributed by atoms with Gasteiger partial charge in [0.25, 0.3) is 5.56 Å². The summed E-state index contributed by atoms with van der Waals surface area (Å²) in [5.41, 5.74) is -0.0350. The first kappa shape index (κ1) is 16.2. The third-order valence-electron chi connectivity index (χ3n) is 3.33. The molecule has 2 aromatic rings. The van der Waals surface area contributed by atoms with Gasteiger partial charge in [-0.1, -0.05) is 23.7 Å². The van der Waals surface area contributed by atoms with E-state index in [0.717, 1.165) is 0 Å². The fraction of sp³-hybridized carbons (Fsp3) is 0.267. The molecule has 1 aromatic heterocycles. The fourth-order valence-electron chi connectivity index (χ4n) is 2.24. The van der Waals surface area contributed by atoms with Crippen LogP contribution in [-0.4, -0.2) is 34.6 Å². The standard InChI is InChI=1S/C15H15ClN2O4/c1-8-11(15(21)18(2)17-8)13(20)14(22-3)12(19)9-6-4-5-7-10(9)16/h4-7,14,17H,1-3H3. The molecule has 7 heteroatoms. The van der Waals surface area contributed by atoms with Gasteiger partial charge >= 0.3 is 0 Å². The minimum Gasteiger partial charge on any atom is -0.365 e. The number of halogens is 1. The van der Waals surface area contributed by atoms with E-state index in [-0.39, 0.29) is 16.1 Å². The Balaban J connectivity index is 2.44. The zero-order valence-electron chi connectivity index (χ0n) is 12.3. The predicted molar refractivity (Wildman–Crippen MR) is 81.7 cm³/mol. The summed E-state index contributed by atoms with van der Waals surface area (Å²) in [7, 11) is 2.73. The zero-order chi connectivity index (χ0) is 16.4. The molecule has 0 spiro atoms. The number of hydrogen-bond acceptors (Lipinski definition) is 4. The van der Waals surface area contributed by atoms with Crippen LogP contribution in [0.4, 0.5) is 0 Å². The lowest BCUT2D eigenvalue weighted by molar-refractivity contribution is 0.0512. The van der Waals surface area contributed by atoms with Crippen molar-refractivity contribution in [2.24, 2.45) is 7.05 Å². The third-order valence-corrected chi connectivity index (χ3v) is 3.66. The van der Waals surface area contributed by atoms with E-state index in [2.05, 4.69) is 5.10 Å². The summed E-state index contributed by atoms with van der Waals surface area (Å²) in [5, 5.41) is 2.94. The van der Waals surface area contributed by atoms with Crippen LogP contribution in [0.15, 0.2) is 29.1 Å². The molecule has 0 fully saturated rings. The van der Waals surface area contributed by atoms with Gasteiger partial charge in [-0.25, -0.2) is 0 Å². The Morgan fingerprint density at radius 2 is 1.91 bits per heavy atom. The molecule has 22 heavy (non-hydrogen) atoms. The first-order valence-electron chi connectivity index (χ1n) is 6.49. The molecule has 1 aromatic carbocycles. The van der Waals surface area contributed by atoms with Gasteiger partial charge in [0.15, 0.2) is 6.10 Å². The number of aromatic amines is 1. The van der Waals surface area contributed by atoms with Crippen molar-refractivity contribution in [3.05, 3.63) is 56.5 Å². The highest BCUT2D eigenvalue weighted by Crippen LogP contribution is 2.19. The topological polar surface area (TPSA) is 81.2 Å². The number of benzene rings is 1. The lowest BCUT2D eigenvalue weighted by Crippen LogP contribution is -2.35. The van der Waals surface area contributed by atoms with Crippen molar-refractivity contribution in [2.45, 2.75) is 13.0 Å². The highest BCUT2D eigenvalue weighted by Gasteiger charge is 2.33. The number of hydrogen-bond donors (Lipinski definition) is 1. The lowest BCUT2D eigenvalue weighted by Gasteiger charge is -2.13. The molecule has 2 rings (SSSR count). The quantitative estimate of drug-likeness (QED) is 0.671. The number of aromatic nitrogens is 2. The Morgan fingerprint density at radius 1 is 1.27 bits per heavy atom. The molecule has 116 valence electrons. The minimum atomic E-state index is -1.41. The Labute approximate surface area is 131 Å². The van der Waals surface area contributed by atoms with Crippen LogP contribution in [0.25, 0.3) is 0 Å². The number of rotatable bonds is 5. The summed E-state index contributed by atoms with van der Waals surface area (Å²) in [6, 6.07) is 6.37.